The van der Waals surface area contributed by atoms with Crippen molar-refractivity contribution in [1.82, 2.24) is 10.1 Å². The van der Waals surface area contributed by atoms with Crippen LogP contribution in [0.2, 0.25) is 5.02 Å². The summed E-state index contributed by atoms with van der Waals surface area (Å²) in [5, 5.41) is 15.9. The third-order valence-corrected chi connectivity index (χ3v) is 6.51. The predicted octanol–water partition coefficient (Wildman–Crippen LogP) is 3.22. The molecule has 1 aliphatic heterocycles. The lowest BCUT2D eigenvalue weighted by molar-refractivity contribution is -0.825. The second kappa shape index (κ2) is 8.16. The Balaban J connectivity index is 1.51. The van der Waals surface area contributed by atoms with Gasteiger partial charge in [-0.2, -0.15) is 5.48 Å². The van der Waals surface area contributed by atoms with Crippen LogP contribution >= 0.6 is 22.9 Å². The summed E-state index contributed by atoms with van der Waals surface area (Å²) in [4.78, 5) is 18.2. The van der Waals surface area contributed by atoms with E-state index in [0.29, 0.717) is 53.9 Å². The molecule has 9 heteroatoms. The zero-order valence-corrected chi connectivity index (χ0v) is 17.8. The van der Waals surface area contributed by atoms with E-state index in [1.54, 1.807) is 24.3 Å². The van der Waals surface area contributed by atoms with E-state index in [0.717, 1.165) is 21.6 Å². The highest BCUT2D eigenvalue weighted by molar-refractivity contribution is 7.13. The number of thiophene rings is 1. The summed E-state index contributed by atoms with van der Waals surface area (Å²) in [6.45, 7) is 6.29. The first-order chi connectivity index (χ1) is 14.0. The van der Waals surface area contributed by atoms with Crippen LogP contribution in [0.3, 0.4) is 0 Å². The van der Waals surface area contributed by atoms with E-state index in [4.69, 9.17) is 21.3 Å². The number of nitrogens with two attached hydrogens (primary N) is 1. The minimum atomic E-state index is -0.0532. The van der Waals surface area contributed by atoms with Gasteiger partial charge in [0, 0.05) is 38.3 Å². The smallest absolute Gasteiger partial charge is 0.259 e. The summed E-state index contributed by atoms with van der Waals surface area (Å²) < 4.78 is 5.37. The molecule has 0 atom stereocenters. The fourth-order valence-corrected chi connectivity index (χ4v) is 4.78. The van der Waals surface area contributed by atoms with Gasteiger partial charge in [0.15, 0.2) is 5.69 Å². The number of hydrogen-bond acceptors (Lipinski definition) is 6. The van der Waals surface area contributed by atoms with Crippen molar-refractivity contribution in [1.29, 1.82) is 0 Å². The third kappa shape index (κ3) is 3.76. The number of amides is 1. The average molecular weight is 434 g/mol. The van der Waals surface area contributed by atoms with Gasteiger partial charge in [0.05, 0.1) is 15.6 Å². The number of piperazine rings is 1. The lowest BCUT2D eigenvalue weighted by Gasteiger charge is -2.36. The standard InChI is InChI=1S/C20H21ClN4O3S/c1-12-5-10-29-19(12)18-17(13(2)28-23-18)20(26)25-8-6-24(7-9-25)16-4-3-14(22-27)11-15(16)21/h3-5,10-11,22,27H,6-9H2,1-2H3/p+1. The summed E-state index contributed by atoms with van der Waals surface area (Å²) in [5.74, 6) is 0.488. The molecular weight excluding hydrogens is 412 g/mol. The molecule has 1 aromatic carbocycles. The fourth-order valence-electron chi connectivity index (χ4n) is 3.56. The Morgan fingerprint density at radius 1 is 1.24 bits per heavy atom. The van der Waals surface area contributed by atoms with Crippen molar-refractivity contribution in [3.63, 3.8) is 0 Å². The molecule has 0 unspecified atom stereocenters. The molecule has 4 rings (SSSR count). The van der Waals surface area contributed by atoms with E-state index in [2.05, 4.69) is 10.1 Å². The lowest BCUT2D eigenvalue weighted by Crippen LogP contribution is -2.73. The van der Waals surface area contributed by atoms with E-state index in [1.807, 2.05) is 35.4 Å². The summed E-state index contributed by atoms with van der Waals surface area (Å²) in [7, 11) is 0. The molecule has 1 fully saturated rings. The Labute approximate surface area is 177 Å². The molecule has 0 aliphatic carbocycles. The van der Waals surface area contributed by atoms with Gasteiger partial charge in [0.25, 0.3) is 5.91 Å². The van der Waals surface area contributed by atoms with Crippen LogP contribution in [0, 0.1) is 13.8 Å². The molecule has 1 saturated heterocycles. The lowest BCUT2D eigenvalue weighted by atomic mass is 10.1. The number of aryl methyl sites for hydroxylation is 2. The topological polar surface area (TPSA) is 86.4 Å². The van der Waals surface area contributed by atoms with Crippen LogP contribution in [0.5, 0.6) is 0 Å². The Morgan fingerprint density at radius 3 is 2.62 bits per heavy atom. The Hall–Kier alpha value is -2.39. The monoisotopic (exact) mass is 433 g/mol. The number of halogens is 1. The average Bonchev–Trinajstić information content (AvgIpc) is 3.32. The van der Waals surface area contributed by atoms with E-state index in [-0.39, 0.29) is 5.91 Å². The molecule has 0 bridgehead atoms. The first-order valence-corrected chi connectivity index (χ1v) is 10.6. The van der Waals surface area contributed by atoms with Crippen molar-refractivity contribution in [3.8, 4) is 10.6 Å². The normalized spacial score (nSPS) is 14.5. The summed E-state index contributed by atoms with van der Waals surface area (Å²) in [6, 6.07) is 7.45. The highest BCUT2D eigenvalue weighted by Gasteiger charge is 2.30. The summed E-state index contributed by atoms with van der Waals surface area (Å²) >= 11 is 7.92. The summed E-state index contributed by atoms with van der Waals surface area (Å²) in [5.41, 5.74) is 4.85. The van der Waals surface area contributed by atoms with Gasteiger partial charge in [-0.3, -0.25) is 4.79 Å². The quantitative estimate of drug-likeness (QED) is 0.487. The molecule has 3 aromatic rings. The van der Waals surface area contributed by atoms with Gasteiger partial charge >= 0.3 is 0 Å². The number of nitrogens with zero attached hydrogens (tertiary/aromatic N) is 3. The highest BCUT2D eigenvalue weighted by Crippen LogP contribution is 2.33. The Kier molecular flexibility index (Phi) is 5.60. The minimum Gasteiger partial charge on any atom is -0.367 e. The number of benzene rings is 1. The highest BCUT2D eigenvalue weighted by atomic mass is 35.5. The second-order valence-corrected chi connectivity index (χ2v) is 8.34. The van der Waals surface area contributed by atoms with Gasteiger partial charge in [0.2, 0.25) is 0 Å². The molecular formula is C20H22ClN4O3S+. The number of hydrogen-bond donors (Lipinski definition) is 2. The van der Waals surface area contributed by atoms with Crippen molar-refractivity contribution in [2.75, 3.05) is 31.1 Å². The predicted molar refractivity (Wildman–Crippen MR) is 112 cm³/mol. The number of quaternary nitrogens is 1. The first kappa shape index (κ1) is 19.9. The van der Waals surface area contributed by atoms with E-state index < -0.39 is 0 Å². The van der Waals surface area contributed by atoms with Gasteiger partial charge in [-0.15, -0.1) is 11.3 Å². The van der Waals surface area contributed by atoms with Crippen LogP contribution in [-0.4, -0.2) is 47.4 Å². The van der Waals surface area contributed by atoms with Crippen molar-refractivity contribution in [2.45, 2.75) is 13.8 Å². The SMILES string of the molecule is Cc1ccsc1-c1noc(C)c1C(=O)N1CCN(c2ccc([NH2+]O)cc2Cl)CC1. The van der Waals surface area contributed by atoms with Crippen LogP contribution in [0.1, 0.15) is 21.7 Å². The zero-order chi connectivity index (χ0) is 20.5. The minimum absolute atomic E-state index is 0.0532. The van der Waals surface area contributed by atoms with Gasteiger partial charge in [-0.05, 0) is 36.9 Å². The van der Waals surface area contributed by atoms with Gasteiger partial charge in [-0.1, -0.05) is 16.8 Å². The van der Waals surface area contributed by atoms with Crippen molar-refractivity contribution in [2.24, 2.45) is 0 Å². The number of aromatic nitrogens is 1. The third-order valence-electron chi connectivity index (χ3n) is 5.18. The van der Waals surface area contributed by atoms with Crippen LogP contribution < -0.4 is 10.4 Å². The molecule has 1 aliphatic rings. The molecule has 2 aromatic heterocycles. The molecule has 152 valence electrons. The van der Waals surface area contributed by atoms with Crippen molar-refractivity contribution < 1.29 is 20.0 Å². The second-order valence-electron chi connectivity index (χ2n) is 7.01. The van der Waals surface area contributed by atoms with Gasteiger partial charge in [-0.25, -0.2) is 5.21 Å². The maximum absolute atomic E-state index is 13.3. The van der Waals surface area contributed by atoms with Crippen molar-refractivity contribution in [3.05, 3.63) is 51.6 Å². The number of rotatable bonds is 4. The van der Waals surface area contributed by atoms with Gasteiger partial charge < -0.3 is 14.3 Å². The first-order valence-electron chi connectivity index (χ1n) is 9.31. The maximum atomic E-state index is 13.3. The molecule has 3 heterocycles. The maximum Gasteiger partial charge on any atom is 0.259 e. The number of anilines is 1. The molecule has 0 saturated carbocycles. The molecule has 1 amide bonds. The molecule has 7 nitrogen and oxygen atoms in total. The van der Waals surface area contributed by atoms with Crippen LogP contribution in [0.4, 0.5) is 11.4 Å². The number of carbonyl (C=O) groups excluding carboxylic acids is 1. The van der Waals surface area contributed by atoms with Crippen molar-refractivity contribution >= 4 is 40.2 Å². The zero-order valence-electron chi connectivity index (χ0n) is 16.2. The largest absolute Gasteiger partial charge is 0.367 e. The molecule has 0 radical (unpaired) electrons. The van der Waals surface area contributed by atoms with Gasteiger partial charge in [0.1, 0.15) is 17.0 Å². The molecule has 3 N–H and O–H groups in total. The van der Waals surface area contributed by atoms with Crippen LogP contribution in [0.15, 0.2) is 34.2 Å². The fraction of sp³-hybridized carbons (Fsp3) is 0.300. The molecule has 0 spiro atoms. The van der Waals surface area contributed by atoms with Crippen LogP contribution in [0.25, 0.3) is 10.6 Å². The van der Waals surface area contributed by atoms with E-state index >= 15 is 0 Å². The Morgan fingerprint density at radius 2 is 2.00 bits per heavy atom. The number of carbonyl (C=O) groups is 1. The molecule has 29 heavy (non-hydrogen) atoms. The van der Waals surface area contributed by atoms with Crippen LogP contribution in [-0.2, 0) is 0 Å². The summed E-state index contributed by atoms with van der Waals surface area (Å²) in [6.07, 6.45) is 0. The Bertz CT molecular complexity index is 1040. The van der Waals surface area contributed by atoms with E-state index in [1.165, 1.54) is 0 Å². The van der Waals surface area contributed by atoms with E-state index in [9.17, 15) is 4.79 Å².